The van der Waals surface area contributed by atoms with E-state index in [1.54, 1.807) is 28.3 Å². The third-order valence-electron chi connectivity index (χ3n) is 3.73. The van der Waals surface area contributed by atoms with E-state index in [2.05, 4.69) is 32.4 Å². The minimum Gasteiger partial charge on any atom is -0.310 e. The van der Waals surface area contributed by atoms with E-state index >= 15 is 0 Å². The molecule has 0 aliphatic heterocycles. The van der Waals surface area contributed by atoms with Crippen LogP contribution in [-0.2, 0) is 17.9 Å². The normalized spacial score (nSPS) is 11.1. The van der Waals surface area contributed by atoms with E-state index in [0.29, 0.717) is 23.9 Å². The molecule has 0 aliphatic carbocycles. The Morgan fingerprint density at radius 1 is 1.31 bits per heavy atom. The van der Waals surface area contributed by atoms with Gasteiger partial charge >= 0.3 is 0 Å². The molecule has 136 valence electrons. The van der Waals surface area contributed by atoms with Crippen LogP contribution in [0.25, 0.3) is 0 Å². The highest BCUT2D eigenvalue weighted by atomic mass is 79.9. The van der Waals surface area contributed by atoms with Crippen molar-refractivity contribution in [3.05, 3.63) is 67.9 Å². The summed E-state index contributed by atoms with van der Waals surface area (Å²) in [6.07, 6.45) is 1.67. The number of thiophene rings is 1. The number of rotatable bonds is 7. The van der Waals surface area contributed by atoms with E-state index in [4.69, 9.17) is 11.6 Å². The number of anilines is 1. The summed E-state index contributed by atoms with van der Waals surface area (Å²) >= 11 is 11.3. The minimum atomic E-state index is -0.0796. The Kier molecular flexibility index (Phi) is 6.48. The summed E-state index contributed by atoms with van der Waals surface area (Å²) in [5.74, 6) is 0.575. The van der Waals surface area contributed by atoms with Gasteiger partial charge < -0.3 is 5.32 Å². The van der Waals surface area contributed by atoms with Gasteiger partial charge in [0.05, 0.1) is 23.1 Å². The first kappa shape index (κ1) is 19.1. The van der Waals surface area contributed by atoms with Gasteiger partial charge in [0.15, 0.2) is 0 Å². The average Bonchev–Trinajstić information content (AvgIpc) is 3.18. The second kappa shape index (κ2) is 8.81. The number of likely N-dealkylation sites (N-methyl/N-ethyl adjacent to an activating group) is 1. The molecule has 0 spiro atoms. The van der Waals surface area contributed by atoms with Crippen molar-refractivity contribution in [2.45, 2.75) is 13.1 Å². The van der Waals surface area contributed by atoms with Gasteiger partial charge in [-0.3, -0.25) is 9.69 Å². The number of nitrogens with zero attached hydrogens (tertiary/aromatic N) is 3. The van der Waals surface area contributed by atoms with Crippen LogP contribution in [0.3, 0.4) is 0 Å². The molecule has 3 aromatic rings. The van der Waals surface area contributed by atoms with Gasteiger partial charge in [-0.15, -0.1) is 11.3 Å². The monoisotopic (exact) mass is 452 g/mol. The Hall–Kier alpha value is -1.67. The SMILES string of the molecule is CN(CC(=O)Nc1ccnn1Cc1ccccc1Cl)Cc1ccc(Br)s1. The molecule has 8 heteroatoms. The molecule has 3 rings (SSSR count). The lowest BCUT2D eigenvalue weighted by molar-refractivity contribution is -0.117. The lowest BCUT2D eigenvalue weighted by Crippen LogP contribution is -2.30. The van der Waals surface area contributed by atoms with Gasteiger partial charge in [-0.25, -0.2) is 4.68 Å². The zero-order valence-corrected chi connectivity index (χ0v) is 17.3. The zero-order chi connectivity index (χ0) is 18.5. The average molecular weight is 454 g/mol. The van der Waals surface area contributed by atoms with Crippen molar-refractivity contribution in [1.82, 2.24) is 14.7 Å². The van der Waals surface area contributed by atoms with E-state index in [-0.39, 0.29) is 5.91 Å². The minimum absolute atomic E-state index is 0.0796. The second-order valence-electron chi connectivity index (χ2n) is 5.89. The predicted molar refractivity (Wildman–Crippen MR) is 110 cm³/mol. The maximum atomic E-state index is 12.4. The van der Waals surface area contributed by atoms with Crippen molar-refractivity contribution >= 4 is 50.6 Å². The van der Waals surface area contributed by atoms with Crippen LogP contribution < -0.4 is 5.32 Å². The van der Waals surface area contributed by atoms with E-state index < -0.39 is 0 Å². The molecule has 0 saturated carbocycles. The van der Waals surface area contributed by atoms with Crippen molar-refractivity contribution in [1.29, 1.82) is 0 Å². The quantitative estimate of drug-likeness (QED) is 0.574. The Morgan fingerprint density at radius 3 is 2.85 bits per heavy atom. The molecule has 1 amide bonds. The molecular weight excluding hydrogens is 436 g/mol. The fraction of sp³-hybridized carbons (Fsp3) is 0.222. The van der Waals surface area contributed by atoms with Gasteiger partial charge in [0.1, 0.15) is 5.82 Å². The highest BCUT2D eigenvalue weighted by molar-refractivity contribution is 9.11. The van der Waals surface area contributed by atoms with Crippen LogP contribution in [0, 0.1) is 0 Å². The fourth-order valence-electron chi connectivity index (χ4n) is 2.54. The summed E-state index contributed by atoms with van der Waals surface area (Å²) in [5, 5.41) is 7.89. The van der Waals surface area contributed by atoms with Crippen LogP contribution >= 0.6 is 38.9 Å². The summed E-state index contributed by atoms with van der Waals surface area (Å²) < 4.78 is 2.82. The molecular formula is C18H18BrClN4OS. The van der Waals surface area contributed by atoms with Gasteiger partial charge in [-0.2, -0.15) is 5.10 Å². The fourth-order valence-corrected chi connectivity index (χ4v) is 4.30. The maximum absolute atomic E-state index is 12.4. The van der Waals surface area contributed by atoms with Gasteiger partial charge in [0, 0.05) is 22.5 Å². The number of aromatic nitrogens is 2. The maximum Gasteiger partial charge on any atom is 0.239 e. The third kappa shape index (κ3) is 5.17. The van der Waals surface area contributed by atoms with Crippen molar-refractivity contribution in [2.75, 3.05) is 18.9 Å². The molecule has 0 aliphatic rings. The molecule has 26 heavy (non-hydrogen) atoms. The van der Waals surface area contributed by atoms with Crippen LogP contribution in [0.4, 0.5) is 5.82 Å². The molecule has 0 radical (unpaired) electrons. The first-order valence-corrected chi connectivity index (χ1v) is 9.98. The number of hydrogen-bond acceptors (Lipinski definition) is 4. The third-order valence-corrected chi connectivity index (χ3v) is 5.71. The predicted octanol–water partition coefficient (Wildman–Crippen LogP) is 4.48. The molecule has 0 unspecified atom stereocenters. The second-order valence-corrected chi connectivity index (χ2v) is 8.85. The summed E-state index contributed by atoms with van der Waals surface area (Å²) in [4.78, 5) is 15.5. The van der Waals surface area contributed by atoms with Gasteiger partial charge in [0.2, 0.25) is 5.91 Å². The number of amides is 1. The molecule has 5 nitrogen and oxygen atoms in total. The largest absolute Gasteiger partial charge is 0.310 e. The Morgan fingerprint density at radius 2 is 2.12 bits per heavy atom. The first-order valence-electron chi connectivity index (χ1n) is 7.99. The number of hydrogen-bond donors (Lipinski definition) is 1. The number of nitrogens with one attached hydrogen (secondary N) is 1. The zero-order valence-electron chi connectivity index (χ0n) is 14.2. The van der Waals surface area contributed by atoms with E-state index in [1.165, 1.54) is 4.88 Å². The van der Waals surface area contributed by atoms with Crippen LogP contribution in [0.15, 0.2) is 52.4 Å². The smallest absolute Gasteiger partial charge is 0.239 e. The molecule has 0 fully saturated rings. The van der Waals surface area contributed by atoms with Crippen LogP contribution in [0.2, 0.25) is 5.02 Å². The van der Waals surface area contributed by atoms with Crippen LogP contribution in [0.5, 0.6) is 0 Å². The Balaban J connectivity index is 1.58. The lowest BCUT2D eigenvalue weighted by atomic mass is 10.2. The number of halogens is 2. The van der Waals surface area contributed by atoms with Gasteiger partial charge in [-0.05, 0) is 46.7 Å². The highest BCUT2D eigenvalue weighted by Gasteiger charge is 2.12. The van der Waals surface area contributed by atoms with Crippen molar-refractivity contribution < 1.29 is 4.79 Å². The van der Waals surface area contributed by atoms with Crippen molar-refractivity contribution in [3.63, 3.8) is 0 Å². The molecule has 1 N–H and O–H groups in total. The Labute approximate surface area is 169 Å². The molecule has 2 aromatic heterocycles. The summed E-state index contributed by atoms with van der Waals surface area (Å²) in [7, 11) is 1.92. The lowest BCUT2D eigenvalue weighted by Gasteiger charge is -2.16. The molecule has 2 heterocycles. The molecule has 0 bridgehead atoms. The number of benzene rings is 1. The topological polar surface area (TPSA) is 50.2 Å². The molecule has 1 aromatic carbocycles. The number of carbonyl (C=O) groups excluding carboxylic acids is 1. The van der Waals surface area contributed by atoms with Crippen molar-refractivity contribution in [2.24, 2.45) is 0 Å². The van der Waals surface area contributed by atoms with Crippen molar-refractivity contribution in [3.8, 4) is 0 Å². The van der Waals surface area contributed by atoms with Crippen LogP contribution in [0.1, 0.15) is 10.4 Å². The summed E-state index contributed by atoms with van der Waals surface area (Å²) in [6, 6.07) is 13.5. The van der Waals surface area contributed by atoms with Gasteiger partial charge in [-0.1, -0.05) is 29.8 Å². The molecule has 0 saturated heterocycles. The van der Waals surface area contributed by atoms with Gasteiger partial charge in [0.25, 0.3) is 0 Å². The standard InChI is InChI=1S/C18H18BrClN4OS/c1-23(11-14-6-7-16(19)26-14)12-18(25)22-17-8-9-21-24(17)10-13-4-2-3-5-15(13)20/h2-9H,10-12H2,1H3,(H,22,25). The van der Waals surface area contributed by atoms with E-state index in [1.807, 2.05) is 42.3 Å². The Bertz CT molecular complexity index is 895. The molecule has 0 atom stereocenters. The highest BCUT2D eigenvalue weighted by Crippen LogP contribution is 2.23. The first-order chi connectivity index (χ1) is 12.5. The summed E-state index contributed by atoms with van der Waals surface area (Å²) in [5.41, 5.74) is 0.953. The number of carbonyl (C=O) groups is 1. The van der Waals surface area contributed by atoms with E-state index in [0.717, 1.165) is 15.9 Å². The summed E-state index contributed by atoms with van der Waals surface area (Å²) in [6.45, 7) is 1.52. The van der Waals surface area contributed by atoms with Crippen LogP contribution in [-0.4, -0.2) is 34.2 Å². The van der Waals surface area contributed by atoms with E-state index in [9.17, 15) is 4.79 Å².